The van der Waals surface area contributed by atoms with Gasteiger partial charge in [-0.3, -0.25) is 9.48 Å². The molecule has 1 amide bonds. The summed E-state index contributed by atoms with van der Waals surface area (Å²) in [6.45, 7) is 1.28. The minimum absolute atomic E-state index is 0.0163. The first-order valence-electron chi connectivity index (χ1n) is 8.98. The van der Waals surface area contributed by atoms with Crippen LogP contribution in [0, 0.1) is 0 Å². The molecule has 8 nitrogen and oxygen atoms in total. The number of fused-ring (bicyclic) bond motifs is 1. The summed E-state index contributed by atoms with van der Waals surface area (Å²) in [5, 5.41) is 10.8. The summed E-state index contributed by atoms with van der Waals surface area (Å²) in [5.74, 6) is 1.46. The fraction of sp³-hybridized carbons (Fsp3) is 0.421. The molecule has 0 fully saturated rings. The molecule has 0 bridgehead atoms. The molecule has 0 aliphatic carbocycles. The molecule has 1 atom stereocenters. The van der Waals surface area contributed by atoms with Crippen molar-refractivity contribution < 1.29 is 9.53 Å². The number of aryl methyl sites for hydroxylation is 1. The van der Waals surface area contributed by atoms with E-state index in [2.05, 4.69) is 26.8 Å². The summed E-state index contributed by atoms with van der Waals surface area (Å²) < 4.78 is 7.51. The van der Waals surface area contributed by atoms with Gasteiger partial charge in [0.15, 0.2) is 5.96 Å². The summed E-state index contributed by atoms with van der Waals surface area (Å²) in [6, 6.07) is 9.98. The van der Waals surface area contributed by atoms with Crippen LogP contribution >= 0.6 is 0 Å². The number of carbonyl (C=O) groups is 1. The monoisotopic (exact) mass is 370 g/mol. The largest absolute Gasteiger partial charge is 0.493 e. The number of hydrogen-bond acceptors (Lipinski definition) is 4. The molecule has 0 radical (unpaired) electrons. The summed E-state index contributed by atoms with van der Waals surface area (Å²) in [4.78, 5) is 18.2. The van der Waals surface area contributed by atoms with E-state index in [4.69, 9.17) is 4.74 Å². The fourth-order valence-corrected chi connectivity index (χ4v) is 2.84. The summed E-state index contributed by atoms with van der Waals surface area (Å²) in [5.41, 5.74) is 2.08. The highest BCUT2D eigenvalue weighted by molar-refractivity contribution is 5.86. The van der Waals surface area contributed by atoms with E-state index >= 15 is 0 Å². The van der Waals surface area contributed by atoms with Crippen LogP contribution in [0.15, 0.2) is 41.5 Å². The number of para-hydroxylation sites is 1. The fourth-order valence-electron chi connectivity index (χ4n) is 2.84. The van der Waals surface area contributed by atoms with Crippen LogP contribution in [0.4, 0.5) is 0 Å². The average Bonchev–Trinajstić information content (AvgIpc) is 3.08. The van der Waals surface area contributed by atoms with Crippen LogP contribution in [-0.2, 0) is 18.4 Å². The van der Waals surface area contributed by atoms with Crippen molar-refractivity contribution in [3.63, 3.8) is 0 Å². The van der Waals surface area contributed by atoms with Gasteiger partial charge in [-0.1, -0.05) is 18.2 Å². The molecule has 3 rings (SSSR count). The third-order valence-corrected chi connectivity index (χ3v) is 4.50. The van der Waals surface area contributed by atoms with E-state index in [9.17, 15) is 4.79 Å². The molecule has 0 saturated carbocycles. The van der Waals surface area contributed by atoms with Crippen LogP contribution in [0.5, 0.6) is 5.75 Å². The summed E-state index contributed by atoms with van der Waals surface area (Å²) >= 11 is 0. The molecule has 0 saturated heterocycles. The standard InChI is InChI=1S/C19H26N6O2/c1-24(2)18(26)13-21-19(20-12-14-8-10-22-25(14)3)23-16-9-11-27-17-7-5-4-6-15(16)17/h4-8,10,16H,9,11-13H2,1-3H3,(H2,20,21,23). The van der Waals surface area contributed by atoms with Gasteiger partial charge in [0.2, 0.25) is 5.91 Å². The number of aliphatic imine (C=N–C) groups is 1. The van der Waals surface area contributed by atoms with Crippen molar-refractivity contribution in [2.45, 2.75) is 19.0 Å². The van der Waals surface area contributed by atoms with E-state index in [0.717, 1.165) is 23.4 Å². The number of nitrogens with one attached hydrogen (secondary N) is 2. The quantitative estimate of drug-likeness (QED) is 0.608. The molecule has 1 aromatic heterocycles. The lowest BCUT2D eigenvalue weighted by Crippen LogP contribution is -2.45. The van der Waals surface area contributed by atoms with Crippen LogP contribution < -0.4 is 15.4 Å². The SMILES string of the molecule is CN(C)C(=O)CNC(=NCc1ccnn1C)NC1CCOc2ccccc21. The molecule has 1 unspecified atom stereocenters. The van der Waals surface area contributed by atoms with E-state index in [0.29, 0.717) is 19.1 Å². The van der Waals surface area contributed by atoms with E-state index in [1.54, 1.807) is 29.9 Å². The second-order valence-corrected chi connectivity index (χ2v) is 6.62. The minimum atomic E-state index is -0.0163. The minimum Gasteiger partial charge on any atom is -0.493 e. The molecule has 1 aliphatic rings. The highest BCUT2D eigenvalue weighted by atomic mass is 16.5. The zero-order chi connectivity index (χ0) is 19.2. The topological polar surface area (TPSA) is 83.8 Å². The van der Waals surface area contributed by atoms with Gasteiger partial charge in [0.05, 0.1) is 31.4 Å². The summed E-state index contributed by atoms with van der Waals surface area (Å²) in [7, 11) is 5.35. The van der Waals surface area contributed by atoms with Crippen LogP contribution in [0.3, 0.4) is 0 Å². The number of likely N-dealkylation sites (N-methyl/N-ethyl adjacent to an activating group) is 1. The Labute approximate surface area is 159 Å². The first-order valence-corrected chi connectivity index (χ1v) is 8.98. The molecule has 144 valence electrons. The maximum atomic E-state index is 12.0. The second kappa shape index (κ2) is 8.57. The number of carbonyl (C=O) groups excluding carboxylic acids is 1. The number of aromatic nitrogens is 2. The van der Waals surface area contributed by atoms with Gasteiger partial charge in [0.1, 0.15) is 5.75 Å². The van der Waals surface area contributed by atoms with Crippen LogP contribution in [0.1, 0.15) is 23.7 Å². The molecule has 1 aromatic carbocycles. The van der Waals surface area contributed by atoms with Crippen molar-refractivity contribution in [1.82, 2.24) is 25.3 Å². The molecular weight excluding hydrogens is 344 g/mol. The van der Waals surface area contributed by atoms with Crippen LogP contribution in [0.2, 0.25) is 0 Å². The van der Waals surface area contributed by atoms with Gasteiger partial charge in [-0.2, -0.15) is 5.10 Å². The van der Waals surface area contributed by atoms with E-state index in [-0.39, 0.29) is 18.5 Å². The van der Waals surface area contributed by atoms with Crippen LogP contribution in [-0.4, -0.2) is 53.8 Å². The molecule has 2 N–H and O–H groups in total. The Morgan fingerprint density at radius 2 is 2.19 bits per heavy atom. The van der Waals surface area contributed by atoms with Gasteiger partial charge in [-0.05, 0) is 12.1 Å². The molecule has 2 aromatic rings. The molecule has 1 aliphatic heterocycles. The highest BCUT2D eigenvalue weighted by Crippen LogP contribution is 2.31. The lowest BCUT2D eigenvalue weighted by Gasteiger charge is -2.28. The smallest absolute Gasteiger partial charge is 0.241 e. The van der Waals surface area contributed by atoms with E-state index < -0.39 is 0 Å². The molecule has 27 heavy (non-hydrogen) atoms. The van der Waals surface area contributed by atoms with Crippen molar-refractivity contribution in [3.05, 3.63) is 47.8 Å². The second-order valence-electron chi connectivity index (χ2n) is 6.62. The lowest BCUT2D eigenvalue weighted by atomic mass is 10.0. The van der Waals surface area contributed by atoms with Crippen molar-refractivity contribution in [3.8, 4) is 5.75 Å². The highest BCUT2D eigenvalue weighted by Gasteiger charge is 2.22. The van der Waals surface area contributed by atoms with Gasteiger partial charge < -0.3 is 20.3 Å². The molecule has 2 heterocycles. The van der Waals surface area contributed by atoms with Gasteiger partial charge >= 0.3 is 0 Å². The van der Waals surface area contributed by atoms with Crippen molar-refractivity contribution in [1.29, 1.82) is 0 Å². The van der Waals surface area contributed by atoms with Gasteiger partial charge in [0, 0.05) is 39.3 Å². The Hall–Kier alpha value is -3.03. The number of rotatable bonds is 5. The maximum Gasteiger partial charge on any atom is 0.241 e. The first-order chi connectivity index (χ1) is 13.0. The van der Waals surface area contributed by atoms with Crippen LogP contribution in [0.25, 0.3) is 0 Å². The Morgan fingerprint density at radius 3 is 2.93 bits per heavy atom. The van der Waals surface area contributed by atoms with Crippen molar-refractivity contribution in [2.24, 2.45) is 12.0 Å². The first kappa shape index (κ1) is 18.8. The molecule has 8 heteroatoms. The maximum absolute atomic E-state index is 12.0. The Kier molecular flexibility index (Phi) is 5.95. The Balaban J connectivity index is 1.75. The predicted molar refractivity (Wildman–Crippen MR) is 103 cm³/mol. The Bertz CT molecular complexity index is 814. The van der Waals surface area contributed by atoms with E-state index in [1.807, 2.05) is 31.3 Å². The summed E-state index contributed by atoms with van der Waals surface area (Å²) in [6.07, 6.45) is 2.57. The number of nitrogens with zero attached hydrogens (tertiary/aromatic N) is 4. The van der Waals surface area contributed by atoms with Gasteiger partial charge in [0.25, 0.3) is 0 Å². The van der Waals surface area contributed by atoms with E-state index in [1.165, 1.54) is 0 Å². The lowest BCUT2D eigenvalue weighted by molar-refractivity contribution is -0.127. The molecular formula is C19H26N6O2. The third kappa shape index (κ3) is 4.78. The number of guanidine groups is 1. The third-order valence-electron chi connectivity index (χ3n) is 4.50. The van der Waals surface area contributed by atoms with Crippen molar-refractivity contribution >= 4 is 11.9 Å². The van der Waals surface area contributed by atoms with Gasteiger partial charge in [-0.25, -0.2) is 4.99 Å². The predicted octanol–water partition coefficient (Wildman–Crippen LogP) is 1.07. The normalized spacial score (nSPS) is 16.3. The van der Waals surface area contributed by atoms with Gasteiger partial charge in [-0.15, -0.1) is 0 Å². The zero-order valence-corrected chi connectivity index (χ0v) is 16.0. The number of ether oxygens (including phenoxy) is 1. The average molecular weight is 370 g/mol. The Morgan fingerprint density at radius 1 is 1.37 bits per heavy atom. The number of amides is 1. The molecule has 0 spiro atoms. The van der Waals surface area contributed by atoms with Crippen molar-refractivity contribution in [2.75, 3.05) is 27.2 Å². The number of hydrogen-bond donors (Lipinski definition) is 2. The zero-order valence-electron chi connectivity index (χ0n) is 16.0. The number of benzene rings is 1.